The zero-order valence-electron chi connectivity index (χ0n) is 27.1. The molecular weight excluding hydrogens is 632 g/mol. The molecule has 12 heteroatoms. The molecule has 0 aliphatic rings. The van der Waals surface area contributed by atoms with Crippen LogP contribution in [0.4, 0.5) is 0 Å². The summed E-state index contributed by atoms with van der Waals surface area (Å²) in [5.74, 6) is -3.05. The smallest absolute Gasteiger partial charge is 0.286 e. The van der Waals surface area contributed by atoms with E-state index in [9.17, 15) is 19.8 Å². The van der Waals surface area contributed by atoms with E-state index in [0.717, 1.165) is 44.9 Å². The average molecular weight is 665 g/mol. The van der Waals surface area contributed by atoms with Gasteiger partial charge in [-0.1, -0.05) is 36.4 Å². The molecule has 0 bridgehead atoms. The molecule has 3 aromatic carbocycles. The van der Waals surface area contributed by atoms with Gasteiger partial charge in [0.25, 0.3) is 23.1 Å². The van der Waals surface area contributed by atoms with Gasteiger partial charge in [-0.15, -0.1) is 0 Å². The van der Waals surface area contributed by atoms with Gasteiger partial charge in [0, 0.05) is 23.3 Å². The highest BCUT2D eigenvalue weighted by Gasteiger charge is 2.21. The van der Waals surface area contributed by atoms with E-state index in [2.05, 4.69) is 42.6 Å². The molecule has 0 fully saturated rings. The Bertz CT molecular complexity index is 2290. The number of aromatic hydroxyl groups is 2. The lowest BCUT2D eigenvalue weighted by Crippen LogP contribution is -2.20. The Morgan fingerprint density at radius 2 is 1.00 bits per heavy atom. The number of amides is 2. The lowest BCUT2D eigenvalue weighted by Gasteiger charge is -2.09. The van der Waals surface area contributed by atoms with Gasteiger partial charge in [0.15, 0.2) is 22.9 Å². The van der Waals surface area contributed by atoms with Crippen molar-refractivity contribution in [1.29, 1.82) is 0 Å². The van der Waals surface area contributed by atoms with Gasteiger partial charge < -0.3 is 10.2 Å². The molecule has 0 unspecified atom stereocenters. The molecule has 50 heavy (non-hydrogen) atoms. The second-order valence-electron chi connectivity index (χ2n) is 11.6. The van der Waals surface area contributed by atoms with Crippen LogP contribution in [0.1, 0.15) is 31.8 Å². The molecule has 246 valence electrons. The van der Waals surface area contributed by atoms with Crippen molar-refractivity contribution in [2.24, 2.45) is 24.3 Å². The van der Waals surface area contributed by atoms with Gasteiger partial charge in [0.2, 0.25) is 0 Å². The third-order valence-corrected chi connectivity index (χ3v) is 8.48. The molecule has 0 atom stereocenters. The number of nitrogens with one attached hydrogen (secondary N) is 2. The molecule has 4 heterocycles. The van der Waals surface area contributed by atoms with E-state index in [1.165, 1.54) is 24.6 Å². The van der Waals surface area contributed by atoms with Gasteiger partial charge in [0.05, 0.1) is 50.0 Å². The Balaban J connectivity index is 0.956. The molecule has 12 nitrogen and oxygen atoms in total. The fourth-order valence-electron chi connectivity index (χ4n) is 5.78. The van der Waals surface area contributed by atoms with Gasteiger partial charge in [0.1, 0.15) is 12.4 Å². The summed E-state index contributed by atoms with van der Waals surface area (Å²) in [6.45, 7) is 0. The van der Waals surface area contributed by atoms with Crippen LogP contribution in [0.15, 0.2) is 132 Å². The highest BCUT2D eigenvalue weighted by Crippen LogP contribution is 2.32. The van der Waals surface area contributed by atoms with E-state index in [1.54, 1.807) is 0 Å². The second kappa shape index (κ2) is 13.2. The Labute approximate surface area is 286 Å². The highest BCUT2D eigenvalue weighted by molar-refractivity contribution is 6.03. The monoisotopic (exact) mass is 664 g/mol. The maximum atomic E-state index is 12.7. The van der Waals surface area contributed by atoms with E-state index < -0.39 is 23.3 Å². The zero-order valence-corrected chi connectivity index (χ0v) is 27.1. The number of nitrogens with zero attached hydrogens (tertiary/aromatic N) is 6. The first-order valence-corrected chi connectivity index (χ1v) is 15.6. The number of fused-ring (bicyclic) bond motifs is 2. The molecule has 7 rings (SSSR count). The molecule has 2 amide bonds. The van der Waals surface area contributed by atoms with Gasteiger partial charge in [-0.3, -0.25) is 9.59 Å². The van der Waals surface area contributed by atoms with Crippen LogP contribution in [-0.2, 0) is 14.1 Å². The Kier molecular flexibility index (Phi) is 8.32. The molecule has 7 aromatic rings. The number of carbonyl (C=O) groups is 2. The maximum Gasteiger partial charge on any atom is 0.286 e. The predicted molar refractivity (Wildman–Crippen MR) is 188 cm³/mol. The highest BCUT2D eigenvalue weighted by atomic mass is 16.3. The number of aromatic nitrogens is 4. The van der Waals surface area contributed by atoms with Crippen LogP contribution in [0.5, 0.6) is 11.5 Å². The minimum absolute atomic E-state index is 0.257. The van der Waals surface area contributed by atoms with Crippen molar-refractivity contribution in [3.05, 3.63) is 144 Å². The van der Waals surface area contributed by atoms with Crippen LogP contribution >= 0.6 is 0 Å². The van der Waals surface area contributed by atoms with Crippen molar-refractivity contribution in [3.8, 4) is 34.0 Å². The van der Waals surface area contributed by atoms with Crippen LogP contribution in [0.3, 0.4) is 0 Å². The van der Waals surface area contributed by atoms with Crippen LogP contribution in [-0.4, -0.2) is 43.6 Å². The summed E-state index contributed by atoms with van der Waals surface area (Å²) in [4.78, 5) is 25.5. The molecule has 0 radical (unpaired) electrons. The van der Waals surface area contributed by atoms with Crippen molar-refractivity contribution >= 4 is 35.5 Å². The first-order valence-electron chi connectivity index (χ1n) is 15.6. The van der Waals surface area contributed by atoms with Gasteiger partial charge >= 0.3 is 0 Å². The standard InChI is InChI=1S/C38H30N8O4/c1-43-31(23-45-19-5-3-7-33(43)45)27-13-9-25(10-14-27)21-39-41-37(49)29-17-18-30(36(48)35(29)47)38(50)42-40-22-26-11-15-28(16-12-26)32-24-46-20-6-4-8-34(46)44(32)2/h3-24H,1-2H3,(H2-2,41,42,47,48,49,50)/p+2/b39-21+,40-22+. The Morgan fingerprint density at radius 1 is 0.600 bits per heavy atom. The SMILES string of the molecule is Cn1c(-c2ccc(/C=N/NC(=O)c3ccc(C(=O)N/N=C/c4ccc(-c5c[n+]6ccccc6n5C)cc4)c(O)c3O)cc2)c[n+]2ccccc12. The van der Waals surface area contributed by atoms with Crippen LogP contribution in [0.25, 0.3) is 33.8 Å². The number of phenols is 2. The van der Waals surface area contributed by atoms with Crippen LogP contribution in [0, 0.1) is 0 Å². The number of hydrogen-bond donors (Lipinski definition) is 4. The number of imidazole rings is 2. The van der Waals surface area contributed by atoms with Crippen molar-refractivity contribution in [3.63, 3.8) is 0 Å². The van der Waals surface area contributed by atoms with E-state index in [4.69, 9.17) is 0 Å². The summed E-state index contributed by atoms with van der Waals surface area (Å²) in [5.41, 5.74) is 11.8. The van der Waals surface area contributed by atoms with Gasteiger partial charge in [-0.05, 0) is 59.7 Å². The average Bonchev–Trinajstić information content (AvgIpc) is 3.66. The molecular formula is C38H32N8O4+2. The molecule has 0 saturated heterocycles. The summed E-state index contributed by atoms with van der Waals surface area (Å²) >= 11 is 0. The molecule has 4 aromatic heterocycles. The third-order valence-electron chi connectivity index (χ3n) is 8.48. The molecule has 0 saturated carbocycles. The molecule has 0 aliphatic carbocycles. The van der Waals surface area contributed by atoms with Crippen LogP contribution < -0.4 is 19.7 Å². The number of carbonyl (C=O) groups excluding carboxylic acids is 2. The summed E-state index contributed by atoms with van der Waals surface area (Å²) in [6, 6.07) is 29.7. The lowest BCUT2D eigenvalue weighted by atomic mass is 10.1. The van der Waals surface area contributed by atoms with Crippen molar-refractivity contribution in [2.75, 3.05) is 0 Å². The number of benzene rings is 3. The first-order chi connectivity index (χ1) is 24.3. The van der Waals surface area contributed by atoms with E-state index in [1.807, 2.05) is 120 Å². The zero-order chi connectivity index (χ0) is 34.8. The summed E-state index contributed by atoms with van der Waals surface area (Å²) in [6.07, 6.45) is 11.0. The number of phenolic OH excluding ortho intramolecular Hbond substituents is 2. The number of pyridine rings is 2. The summed E-state index contributed by atoms with van der Waals surface area (Å²) in [7, 11) is 4.01. The van der Waals surface area contributed by atoms with Gasteiger partial charge in [-0.25, -0.2) is 28.8 Å². The largest absolute Gasteiger partial charge is 0.504 e. The van der Waals surface area contributed by atoms with Crippen molar-refractivity contribution < 1.29 is 28.6 Å². The summed E-state index contributed by atoms with van der Waals surface area (Å²) in [5, 5.41) is 29.0. The molecule has 0 aliphatic heterocycles. The summed E-state index contributed by atoms with van der Waals surface area (Å²) < 4.78 is 8.29. The van der Waals surface area contributed by atoms with E-state index in [0.29, 0.717) is 0 Å². The van der Waals surface area contributed by atoms with Gasteiger partial charge in [-0.2, -0.15) is 10.2 Å². The number of hydrogen-bond acceptors (Lipinski definition) is 6. The predicted octanol–water partition coefficient (Wildman–Crippen LogP) is 4.11. The third kappa shape index (κ3) is 6.04. The lowest BCUT2D eigenvalue weighted by molar-refractivity contribution is -0.510. The first kappa shape index (κ1) is 31.5. The molecule has 4 N–H and O–H groups in total. The number of aryl methyl sites for hydroxylation is 2. The Morgan fingerprint density at radius 3 is 1.38 bits per heavy atom. The van der Waals surface area contributed by atoms with E-state index >= 15 is 0 Å². The normalized spacial score (nSPS) is 11.6. The van der Waals surface area contributed by atoms with E-state index in [-0.39, 0.29) is 11.1 Å². The quantitative estimate of drug-likeness (QED) is 0.0840. The number of hydrazone groups is 2. The minimum Gasteiger partial charge on any atom is -0.504 e. The topological polar surface area (TPSA) is 141 Å². The number of rotatable bonds is 8. The maximum absolute atomic E-state index is 12.7. The minimum atomic E-state index is -0.770. The second-order valence-corrected chi connectivity index (χ2v) is 11.6. The van der Waals surface area contributed by atoms with Crippen molar-refractivity contribution in [2.45, 2.75) is 0 Å². The van der Waals surface area contributed by atoms with Crippen molar-refractivity contribution in [1.82, 2.24) is 20.0 Å². The van der Waals surface area contributed by atoms with Crippen LogP contribution in [0.2, 0.25) is 0 Å². The fraction of sp³-hybridized carbons (Fsp3) is 0.0526. The molecule has 0 spiro atoms. The Hall–Kier alpha value is -7.08. The fourth-order valence-corrected chi connectivity index (χ4v) is 5.78.